The highest BCUT2D eigenvalue weighted by Crippen LogP contribution is 1.92. The van der Waals surface area contributed by atoms with Crippen LogP contribution in [0.25, 0.3) is 0 Å². The third kappa shape index (κ3) is 4.46. The van der Waals surface area contributed by atoms with Crippen molar-refractivity contribution in [2.45, 2.75) is 0 Å². The first-order valence-electron chi connectivity index (χ1n) is 3.55. The lowest BCUT2D eigenvalue weighted by Crippen LogP contribution is -2.26. The first-order valence-corrected chi connectivity index (χ1v) is 3.55. The first-order chi connectivity index (χ1) is 5.74. The van der Waals surface area contributed by atoms with E-state index in [1.54, 1.807) is 12.2 Å². The minimum Gasteiger partial charge on any atom is -0.364 e. The normalized spacial score (nSPS) is 9.08. The molecule has 0 aliphatic carbocycles. The zero-order chi connectivity index (χ0) is 9.40. The van der Waals surface area contributed by atoms with Crippen molar-refractivity contribution in [3.63, 3.8) is 0 Å². The molecule has 0 unspecified atom stereocenters. The molecule has 0 spiro atoms. The van der Waals surface area contributed by atoms with E-state index in [0.29, 0.717) is 13.1 Å². The number of hydrogen-bond donors (Lipinski definition) is 0. The summed E-state index contributed by atoms with van der Waals surface area (Å²) in [6.45, 7) is 11.3. The summed E-state index contributed by atoms with van der Waals surface area (Å²) in [6.07, 6.45) is 4.39. The van der Waals surface area contributed by atoms with Gasteiger partial charge in [-0.05, 0) is 0 Å². The van der Waals surface area contributed by atoms with Crippen molar-refractivity contribution in [3.05, 3.63) is 38.0 Å². The summed E-state index contributed by atoms with van der Waals surface area (Å²) in [7, 11) is 0. The smallest absolute Gasteiger partial charge is 0.349 e. The molecule has 0 aliphatic heterocycles. The van der Waals surface area contributed by atoms with Crippen LogP contribution in [0.2, 0.25) is 0 Å². The summed E-state index contributed by atoms with van der Waals surface area (Å²) in [5.41, 5.74) is 0. The van der Waals surface area contributed by atoms with Crippen LogP contribution in [0.5, 0.6) is 0 Å². The molecule has 0 aliphatic rings. The van der Waals surface area contributed by atoms with Gasteiger partial charge in [0.25, 0.3) is 0 Å². The largest absolute Gasteiger partial charge is 0.364 e. The summed E-state index contributed by atoms with van der Waals surface area (Å²) in [5.74, 6) is -0.473. The topological polar surface area (TPSA) is 29.5 Å². The van der Waals surface area contributed by atoms with E-state index in [1.807, 2.05) is 0 Å². The Morgan fingerprint density at radius 1 is 1.25 bits per heavy atom. The van der Waals surface area contributed by atoms with E-state index in [1.165, 1.54) is 5.06 Å². The van der Waals surface area contributed by atoms with Crippen molar-refractivity contribution in [1.29, 1.82) is 0 Å². The molecule has 0 bridgehead atoms. The fraction of sp³-hybridized carbons (Fsp3) is 0.222. The number of hydroxylamine groups is 2. The molecule has 0 saturated carbocycles. The second-order valence-electron chi connectivity index (χ2n) is 2.04. The monoisotopic (exact) mass is 167 g/mol. The summed E-state index contributed by atoms with van der Waals surface area (Å²) in [4.78, 5) is 15.5. The Morgan fingerprint density at radius 3 is 2.08 bits per heavy atom. The molecule has 0 saturated heterocycles. The fourth-order valence-electron chi connectivity index (χ4n) is 0.602. The number of nitrogens with zero attached hydrogens (tertiary/aromatic N) is 1. The highest BCUT2D eigenvalue weighted by Gasteiger charge is 2.04. The second-order valence-corrected chi connectivity index (χ2v) is 2.04. The summed E-state index contributed by atoms with van der Waals surface area (Å²) in [5, 5.41) is 1.43. The van der Waals surface area contributed by atoms with Gasteiger partial charge in [-0.25, -0.2) is 4.79 Å². The molecule has 3 nitrogen and oxygen atoms in total. The lowest BCUT2D eigenvalue weighted by atomic mass is 10.5. The second kappa shape index (κ2) is 6.37. The van der Waals surface area contributed by atoms with Crippen molar-refractivity contribution in [2.75, 3.05) is 13.1 Å². The van der Waals surface area contributed by atoms with E-state index < -0.39 is 5.97 Å². The molecule has 3 heteroatoms. The minimum atomic E-state index is -0.473. The lowest BCUT2D eigenvalue weighted by Gasteiger charge is -2.16. The number of hydrogen-bond acceptors (Lipinski definition) is 3. The van der Waals surface area contributed by atoms with Crippen molar-refractivity contribution in [1.82, 2.24) is 5.06 Å². The van der Waals surface area contributed by atoms with Crippen molar-refractivity contribution >= 4 is 5.97 Å². The van der Waals surface area contributed by atoms with E-state index >= 15 is 0 Å². The maximum Gasteiger partial charge on any atom is 0.349 e. The molecule has 0 heterocycles. The predicted molar refractivity (Wildman–Crippen MR) is 48.3 cm³/mol. The molecule has 66 valence electrons. The zero-order valence-electron chi connectivity index (χ0n) is 7.03. The predicted octanol–water partition coefficient (Wildman–Crippen LogP) is 1.30. The van der Waals surface area contributed by atoms with Crippen LogP contribution in [0.4, 0.5) is 0 Å². The fourth-order valence-corrected chi connectivity index (χ4v) is 0.602. The van der Waals surface area contributed by atoms with Crippen molar-refractivity contribution < 1.29 is 9.63 Å². The van der Waals surface area contributed by atoms with Crippen LogP contribution in [-0.4, -0.2) is 24.1 Å². The van der Waals surface area contributed by atoms with E-state index in [0.717, 1.165) is 6.08 Å². The molecule has 0 aromatic carbocycles. The molecule has 0 amide bonds. The van der Waals surface area contributed by atoms with Crippen LogP contribution in [0.3, 0.4) is 0 Å². The summed E-state index contributed by atoms with van der Waals surface area (Å²) < 4.78 is 0. The SMILES string of the molecule is C=CCN(CC=C)OC(=O)C=C. The van der Waals surface area contributed by atoms with E-state index in [4.69, 9.17) is 4.84 Å². The summed E-state index contributed by atoms with van der Waals surface area (Å²) in [6, 6.07) is 0. The Labute approximate surface area is 72.6 Å². The van der Waals surface area contributed by atoms with Crippen molar-refractivity contribution in [3.8, 4) is 0 Å². The first kappa shape index (κ1) is 10.7. The van der Waals surface area contributed by atoms with Gasteiger partial charge in [0.05, 0.1) is 13.1 Å². The van der Waals surface area contributed by atoms with Crippen LogP contribution < -0.4 is 0 Å². The quantitative estimate of drug-likeness (QED) is 0.339. The molecule has 0 aromatic rings. The van der Waals surface area contributed by atoms with Crippen LogP contribution in [0.15, 0.2) is 38.0 Å². The summed E-state index contributed by atoms with van der Waals surface area (Å²) >= 11 is 0. The Morgan fingerprint density at radius 2 is 1.75 bits per heavy atom. The van der Waals surface area contributed by atoms with E-state index in [-0.39, 0.29) is 0 Å². The van der Waals surface area contributed by atoms with Crippen LogP contribution in [0.1, 0.15) is 0 Å². The van der Waals surface area contributed by atoms with Gasteiger partial charge in [-0.2, -0.15) is 0 Å². The molecule has 0 N–H and O–H groups in total. The van der Waals surface area contributed by atoms with Gasteiger partial charge in [0.2, 0.25) is 0 Å². The number of carbonyl (C=O) groups excluding carboxylic acids is 1. The molecule has 0 atom stereocenters. The third-order valence-corrected chi connectivity index (χ3v) is 1.05. The lowest BCUT2D eigenvalue weighted by molar-refractivity contribution is -0.178. The Hall–Kier alpha value is -1.35. The molecular formula is C9H13NO2. The molecular weight excluding hydrogens is 154 g/mol. The van der Waals surface area contributed by atoms with Gasteiger partial charge in [0.15, 0.2) is 0 Å². The van der Waals surface area contributed by atoms with E-state index in [2.05, 4.69) is 19.7 Å². The zero-order valence-corrected chi connectivity index (χ0v) is 7.03. The van der Waals surface area contributed by atoms with Crippen LogP contribution in [-0.2, 0) is 9.63 Å². The van der Waals surface area contributed by atoms with Gasteiger partial charge in [0, 0.05) is 6.08 Å². The maximum absolute atomic E-state index is 10.7. The standard InChI is InChI=1S/C9H13NO2/c1-4-7-10(8-5-2)12-9(11)6-3/h4-6H,1-3,7-8H2. The molecule has 0 fully saturated rings. The average Bonchev–Trinajstić information content (AvgIpc) is 2.05. The molecule has 0 radical (unpaired) electrons. The van der Waals surface area contributed by atoms with E-state index in [9.17, 15) is 4.79 Å². The minimum absolute atomic E-state index is 0.473. The maximum atomic E-state index is 10.7. The highest BCUT2D eigenvalue weighted by molar-refractivity contribution is 5.80. The Kier molecular flexibility index (Phi) is 5.65. The molecule has 0 rings (SSSR count). The Balaban J connectivity index is 3.91. The van der Waals surface area contributed by atoms with Crippen LogP contribution in [0, 0.1) is 0 Å². The highest BCUT2D eigenvalue weighted by atomic mass is 16.7. The van der Waals surface area contributed by atoms with Gasteiger partial charge >= 0.3 is 5.97 Å². The third-order valence-electron chi connectivity index (χ3n) is 1.05. The average molecular weight is 167 g/mol. The molecule has 0 aromatic heterocycles. The van der Waals surface area contributed by atoms with Gasteiger partial charge in [0.1, 0.15) is 0 Å². The van der Waals surface area contributed by atoms with Crippen molar-refractivity contribution in [2.24, 2.45) is 0 Å². The number of carbonyl (C=O) groups is 1. The van der Waals surface area contributed by atoms with Crippen LogP contribution >= 0.6 is 0 Å². The van der Waals surface area contributed by atoms with Gasteiger partial charge in [-0.3, -0.25) is 0 Å². The van der Waals surface area contributed by atoms with Gasteiger partial charge in [-0.15, -0.1) is 18.2 Å². The van der Waals surface area contributed by atoms with Gasteiger partial charge < -0.3 is 4.84 Å². The van der Waals surface area contributed by atoms with Gasteiger partial charge in [-0.1, -0.05) is 18.7 Å². The number of rotatable bonds is 6. The molecule has 12 heavy (non-hydrogen) atoms. The Bertz CT molecular complexity index is 177.